The number of nitrogens with zero attached hydrogens (tertiary/aromatic N) is 2. The van der Waals surface area contributed by atoms with Crippen LogP contribution in [0.1, 0.15) is 43.1 Å². The predicted octanol–water partition coefficient (Wildman–Crippen LogP) is 2.63. The highest BCUT2D eigenvalue weighted by molar-refractivity contribution is 6.33. The molecule has 5 heteroatoms. The second-order valence-corrected chi connectivity index (χ2v) is 6.47. The van der Waals surface area contributed by atoms with Crippen molar-refractivity contribution in [3.05, 3.63) is 16.9 Å². The van der Waals surface area contributed by atoms with Gasteiger partial charge < -0.3 is 5.32 Å². The molecule has 0 aliphatic heterocycles. The summed E-state index contributed by atoms with van der Waals surface area (Å²) in [5.74, 6) is 2.23. The van der Waals surface area contributed by atoms with Crippen LogP contribution < -0.4 is 5.32 Å². The molecule has 4 atom stereocenters. The summed E-state index contributed by atoms with van der Waals surface area (Å²) in [6.07, 6.45) is 6.86. The molecule has 2 aliphatic rings. The lowest BCUT2D eigenvalue weighted by molar-refractivity contribution is 0.0906. The van der Waals surface area contributed by atoms with Crippen molar-refractivity contribution in [2.75, 3.05) is 0 Å². The average molecular weight is 282 g/mol. The zero-order valence-corrected chi connectivity index (χ0v) is 12.2. The number of fused-ring (bicyclic) bond motifs is 2. The Morgan fingerprint density at radius 1 is 1.53 bits per heavy atom. The van der Waals surface area contributed by atoms with Crippen molar-refractivity contribution < 1.29 is 4.79 Å². The summed E-state index contributed by atoms with van der Waals surface area (Å²) in [5, 5.41) is 7.53. The number of amides is 1. The van der Waals surface area contributed by atoms with Crippen LogP contribution in [0.4, 0.5) is 0 Å². The van der Waals surface area contributed by atoms with Crippen LogP contribution in [0.15, 0.2) is 6.20 Å². The third-order valence-corrected chi connectivity index (χ3v) is 5.18. The molecule has 2 bridgehead atoms. The van der Waals surface area contributed by atoms with E-state index in [0.29, 0.717) is 16.6 Å². The van der Waals surface area contributed by atoms with Crippen molar-refractivity contribution in [3.63, 3.8) is 0 Å². The first kappa shape index (κ1) is 13.0. The molecule has 0 radical (unpaired) electrons. The first-order valence-electron chi connectivity index (χ1n) is 7.04. The standard InChI is InChI=1S/C14H20ClN3O/c1-8(11-6-9-3-4-10(11)5-9)17-14(19)13-12(15)7-16-18(13)2/h7-11H,3-6H2,1-2H3,(H,17,19)/t8-,9-,10-,11-/m1/s1. The van der Waals surface area contributed by atoms with Gasteiger partial charge in [-0.1, -0.05) is 18.0 Å². The molecule has 1 heterocycles. The van der Waals surface area contributed by atoms with Gasteiger partial charge in [0.2, 0.25) is 0 Å². The lowest BCUT2D eigenvalue weighted by Gasteiger charge is -2.28. The van der Waals surface area contributed by atoms with E-state index in [2.05, 4.69) is 17.3 Å². The highest BCUT2D eigenvalue weighted by Crippen LogP contribution is 2.49. The van der Waals surface area contributed by atoms with Crippen molar-refractivity contribution in [2.45, 2.75) is 38.6 Å². The fourth-order valence-corrected chi connectivity index (χ4v) is 4.21. The van der Waals surface area contributed by atoms with Gasteiger partial charge in [-0.3, -0.25) is 9.48 Å². The van der Waals surface area contributed by atoms with Gasteiger partial charge in [-0.15, -0.1) is 0 Å². The molecule has 4 nitrogen and oxygen atoms in total. The number of carbonyl (C=O) groups is 1. The molecule has 19 heavy (non-hydrogen) atoms. The molecule has 1 N–H and O–H groups in total. The topological polar surface area (TPSA) is 46.9 Å². The number of aromatic nitrogens is 2. The predicted molar refractivity (Wildman–Crippen MR) is 74.1 cm³/mol. The summed E-state index contributed by atoms with van der Waals surface area (Å²) in [6.45, 7) is 2.12. The van der Waals surface area contributed by atoms with Crippen LogP contribution in [0.2, 0.25) is 5.02 Å². The van der Waals surface area contributed by atoms with E-state index in [-0.39, 0.29) is 11.9 Å². The minimum Gasteiger partial charge on any atom is -0.348 e. The Kier molecular flexibility index (Phi) is 3.29. The number of aryl methyl sites for hydroxylation is 1. The number of hydrogen-bond acceptors (Lipinski definition) is 2. The molecule has 2 fully saturated rings. The zero-order chi connectivity index (χ0) is 13.6. The van der Waals surface area contributed by atoms with Gasteiger partial charge in [-0.2, -0.15) is 5.10 Å². The third kappa shape index (κ3) is 2.27. The highest BCUT2D eigenvalue weighted by atomic mass is 35.5. The van der Waals surface area contributed by atoms with E-state index in [9.17, 15) is 4.79 Å². The van der Waals surface area contributed by atoms with Crippen molar-refractivity contribution in [1.29, 1.82) is 0 Å². The van der Waals surface area contributed by atoms with Gasteiger partial charge in [-0.05, 0) is 43.9 Å². The van der Waals surface area contributed by atoms with Gasteiger partial charge in [0.05, 0.1) is 11.2 Å². The Bertz CT molecular complexity index is 479. The second-order valence-electron chi connectivity index (χ2n) is 6.07. The van der Waals surface area contributed by atoms with Crippen LogP contribution in [0.25, 0.3) is 0 Å². The molecule has 2 saturated carbocycles. The van der Waals surface area contributed by atoms with E-state index in [4.69, 9.17) is 11.6 Å². The van der Waals surface area contributed by atoms with E-state index >= 15 is 0 Å². The summed E-state index contributed by atoms with van der Waals surface area (Å²) >= 11 is 6.00. The van der Waals surface area contributed by atoms with Gasteiger partial charge in [0.25, 0.3) is 5.91 Å². The summed E-state index contributed by atoms with van der Waals surface area (Å²) < 4.78 is 1.53. The first-order chi connectivity index (χ1) is 9.06. The number of carbonyl (C=O) groups excluding carboxylic acids is 1. The van der Waals surface area contributed by atoms with Crippen LogP contribution in [0.3, 0.4) is 0 Å². The first-order valence-corrected chi connectivity index (χ1v) is 7.42. The molecule has 1 aromatic rings. The summed E-state index contributed by atoms with van der Waals surface area (Å²) in [4.78, 5) is 12.3. The van der Waals surface area contributed by atoms with Crippen LogP contribution in [0.5, 0.6) is 0 Å². The maximum Gasteiger partial charge on any atom is 0.271 e. The molecule has 2 aliphatic carbocycles. The van der Waals surface area contributed by atoms with Gasteiger partial charge >= 0.3 is 0 Å². The third-order valence-electron chi connectivity index (χ3n) is 4.90. The summed E-state index contributed by atoms with van der Waals surface area (Å²) in [7, 11) is 1.74. The Balaban J connectivity index is 1.67. The largest absolute Gasteiger partial charge is 0.348 e. The van der Waals surface area contributed by atoms with Crippen molar-refractivity contribution in [1.82, 2.24) is 15.1 Å². The summed E-state index contributed by atoms with van der Waals surface area (Å²) in [6, 6.07) is 0.216. The number of hydrogen-bond donors (Lipinski definition) is 1. The molecule has 1 aromatic heterocycles. The van der Waals surface area contributed by atoms with Gasteiger partial charge in [0.15, 0.2) is 0 Å². The Morgan fingerprint density at radius 3 is 2.84 bits per heavy atom. The van der Waals surface area contributed by atoms with Gasteiger partial charge in [0, 0.05) is 13.1 Å². The molecule has 0 spiro atoms. The minimum absolute atomic E-state index is 0.111. The number of nitrogens with one attached hydrogen (secondary N) is 1. The summed E-state index contributed by atoms with van der Waals surface area (Å²) in [5.41, 5.74) is 0.455. The van der Waals surface area contributed by atoms with Crippen LogP contribution in [0, 0.1) is 17.8 Å². The fraction of sp³-hybridized carbons (Fsp3) is 0.714. The quantitative estimate of drug-likeness (QED) is 0.926. The normalized spacial score (nSPS) is 30.6. The lowest BCUT2D eigenvalue weighted by Crippen LogP contribution is -2.40. The van der Waals surface area contributed by atoms with Gasteiger partial charge in [0.1, 0.15) is 5.69 Å². The minimum atomic E-state index is -0.111. The average Bonchev–Trinajstić information content (AvgIpc) is 3.05. The molecule has 0 saturated heterocycles. The molecule has 0 unspecified atom stereocenters. The van der Waals surface area contributed by atoms with E-state index in [1.165, 1.54) is 36.6 Å². The fourth-order valence-electron chi connectivity index (χ4n) is 3.95. The lowest BCUT2D eigenvalue weighted by atomic mass is 9.84. The van der Waals surface area contributed by atoms with Crippen molar-refractivity contribution in [2.24, 2.45) is 24.8 Å². The monoisotopic (exact) mass is 281 g/mol. The van der Waals surface area contributed by atoms with E-state index in [0.717, 1.165) is 11.8 Å². The second kappa shape index (κ2) is 4.82. The maximum atomic E-state index is 12.3. The Hall–Kier alpha value is -1.03. The maximum absolute atomic E-state index is 12.3. The van der Waals surface area contributed by atoms with Crippen LogP contribution in [-0.4, -0.2) is 21.7 Å². The number of halogens is 1. The molecule has 104 valence electrons. The van der Waals surface area contributed by atoms with Crippen molar-refractivity contribution >= 4 is 17.5 Å². The van der Waals surface area contributed by atoms with E-state index in [1.54, 1.807) is 7.05 Å². The zero-order valence-electron chi connectivity index (χ0n) is 11.4. The molecular weight excluding hydrogens is 262 g/mol. The SMILES string of the molecule is C[C@@H](NC(=O)c1c(Cl)cnn1C)[C@H]1C[C@@H]2CC[C@@H]1C2. The van der Waals surface area contributed by atoms with Crippen LogP contribution in [-0.2, 0) is 7.05 Å². The molecule has 1 amide bonds. The highest BCUT2D eigenvalue weighted by Gasteiger charge is 2.42. The number of rotatable bonds is 3. The van der Waals surface area contributed by atoms with Crippen LogP contribution >= 0.6 is 11.6 Å². The van der Waals surface area contributed by atoms with Gasteiger partial charge in [-0.25, -0.2) is 0 Å². The van der Waals surface area contributed by atoms with E-state index in [1.807, 2.05) is 0 Å². The van der Waals surface area contributed by atoms with Crippen molar-refractivity contribution in [3.8, 4) is 0 Å². The van der Waals surface area contributed by atoms with E-state index < -0.39 is 0 Å². The Labute approximate surface area is 118 Å². The Morgan fingerprint density at radius 2 is 2.32 bits per heavy atom. The molecular formula is C14H20ClN3O. The molecule has 3 rings (SSSR count). The molecule has 0 aromatic carbocycles. The smallest absolute Gasteiger partial charge is 0.271 e.